The van der Waals surface area contributed by atoms with Gasteiger partial charge in [0.2, 0.25) is 5.91 Å². The van der Waals surface area contributed by atoms with E-state index in [0.717, 1.165) is 24.2 Å². The van der Waals surface area contributed by atoms with Crippen molar-refractivity contribution < 1.29 is 14.3 Å². The number of nitrogens with zero attached hydrogens (tertiary/aromatic N) is 1. The van der Waals surface area contributed by atoms with E-state index in [0.29, 0.717) is 26.2 Å². The Hall–Kier alpha value is -1.59. The number of carbonyl (C=O) groups excluding carboxylic acids is 1. The van der Waals surface area contributed by atoms with Gasteiger partial charge in [0.25, 0.3) is 0 Å². The normalized spacial score (nSPS) is 22.0. The number of amides is 1. The average molecular weight is 306 g/mol. The van der Waals surface area contributed by atoms with Crippen LogP contribution < -0.4 is 10.5 Å². The molecule has 2 unspecified atom stereocenters. The van der Waals surface area contributed by atoms with Crippen molar-refractivity contribution in [3.63, 3.8) is 0 Å². The van der Waals surface area contributed by atoms with E-state index in [1.807, 2.05) is 29.2 Å². The second-order valence-electron chi connectivity index (χ2n) is 5.64. The van der Waals surface area contributed by atoms with Crippen molar-refractivity contribution in [2.75, 3.05) is 26.9 Å². The molecule has 1 aliphatic rings. The monoisotopic (exact) mass is 306 g/mol. The van der Waals surface area contributed by atoms with E-state index in [-0.39, 0.29) is 18.0 Å². The van der Waals surface area contributed by atoms with Crippen LogP contribution in [0.3, 0.4) is 0 Å². The number of methoxy groups -OCH3 is 1. The molecule has 2 N–H and O–H groups in total. The number of hydrogen-bond acceptors (Lipinski definition) is 4. The maximum Gasteiger partial charge on any atom is 0.223 e. The first-order valence-electron chi connectivity index (χ1n) is 7.94. The molecule has 5 nitrogen and oxygen atoms in total. The molecule has 2 atom stereocenters. The third-order valence-electron chi connectivity index (χ3n) is 3.98. The van der Waals surface area contributed by atoms with Gasteiger partial charge in [0, 0.05) is 26.1 Å². The lowest BCUT2D eigenvalue weighted by atomic mass is 9.90. The Morgan fingerprint density at radius 1 is 1.27 bits per heavy atom. The van der Waals surface area contributed by atoms with Crippen LogP contribution in [-0.4, -0.2) is 43.7 Å². The second-order valence-corrected chi connectivity index (χ2v) is 5.64. The number of likely N-dealkylation sites (tertiary alicyclic amines) is 1. The van der Waals surface area contributed by atoms with Crippen LogP contribution in [0.15, 0.2) is 24.3 Å². The highest BCUT2D eigenvalue weighted by atomic mass is 16.5. The van der Waals surface area contributed by atoms with Crippen LogP contribution in [0.25, 0.3) is 0 Å². The fraction of sp³-hybridized carbons (Fsp3) is 0.588. The summed E-state index contributed by atoms with van der Waals surface area (Å²) in [6.07, 6.45) is 2.22. The van der Waals surface area contributed by atoms with E-state index in [9.17, 15) is 4.79 Å². The van der Waals surface area contributed by atoms with Crippen LogP contribution in [-0.2, 0) is 9.53 Å². The molecular weight excluding hydrogens is 280 g/mol. The van der Waals surface area contributed by atoms with Crippen LogP contribution >= 0.6 is 0 Å². The molecule has 1 saturated heterocycles. The SMILES string of the molecule is CCCOc1ccc(C2C(N)CCC(=O)N2CCOC)cc1. The van der Waals surface area contributed by atoms with E-state index in [1.165, 1.54) is 0 Å². The highest BCUT2D eigenvalue weighted by Crippen LogP contribution is 2.31. The molecule has 122 valence electrons. The Labute approximate surface area is 132 Å². The second kappa shape index (κ2) is 8.15. The number of piperidine rings is 1. The van der Waals surface area contributed by atoms with E-state index in [1.54, 1.807) is 7.11 Å². The number of carbonyl (C=O) groups is 1. The van der Waals surface area contributed by atoms with Crippen molar-refractivity contribution in [1.82, 2.24) is 4.90 Å². The topological polar surface area (TPSA) is 64.8 Å². The molecule has 0 aliphatic carbocycles. The fourth-order valence-electron chi connectivity index (χ4n) is 2.84. The van der Waals surface area contributed by atoms with Gasteiger partial charge in [-0.3, -0.25) is 4.79 Å². The Balaban J connectivity index is 2.15. The highest BCUT2D eigenvalue weighted by Gasteiger charge is 2.34. The zero-order chi connectivity index (χ0) is 15.9. The summed E-state index contributed by atoms with van der Waals surface area (Å²) in [7, 11) is 1.64. The summed E-state index contributed by atoms with van der Waals surface area (Å²) in [5, 5.41) is 0. The fourth-order valence-corrected chi connectivity index (χ4v) is 2.84. The highest BCUT2D eigenvalue weighted by molar-refractivity contribution is 5.78. The van der Waals surface area contributed by atoms with Gasteiger partial charge in [0.15, 0.2) is 0 Å². The zero-order valence-corrected chi connectivity index (χ0v) is 13.5. The number of ether oxygens (including phenoxy) is 2. The molecular formula is C17H26N2O3. The summed E-state index contributed by atoms with van der Waals surface area (Å²) in [6, 6.07) is 7.78. The number of nitrogens with two attached hydrogens (primary N) is 1. The van der Waals surface area contributed by atoms with Crippen molar-refractivity contribution in [1.29, 1.82) is 0 Å². The maximum atomic E-state index is 12.2. The maximum absolute atomic E-state index is 12.2. The number of rotatable bonds is 7. The van der Waals surface area contributed by atoms with Crippen molar-refractivity contribution in [3.05, 3.63) is 29.8 Å². The average Bonchev–Trinajstić information content (AvgIpc) is 2.54. The van der Waals surface area contributed by atoms with Gasteiger partial charge < -0.3 is 20.1 Å². The van der Waals surface area contributed by atoms with Crippen LogP contribution in [0, 0.1) is 0 Å². The smallest absolute Gasteiger partial charge is 0.223 e. The summed E-state index contributed by atoms with van der Waals surface area (Å²) in [6.45, 7) is 3.88. The van der Waals surface area contributed by atoms with E-state index < -0.39 is 0 Å². The molecule has 0 saturated carbocycles. The molecule has 1 aromatic carbocycles. The molecule has 1 aliphatic heterocycles. The van der Waals surface area contributed by atoms with Gasteiger partial charge in [-0.1, -0.05) is 19.1 Å². The first kappa shape index (κ1) is 16.8. The van der Waals surface area contributed by atoms with Crippen molar-refractivity contribution >= 4 is 5.91 Å². The lowest BCUT2D eigenvalue weighted by Crippen LogP contribution is -2.49. The minimum atomic E-state index is -0.0865. The minimum Gasteiger partial charge on any atom is -0.494 e. The predicted molar refractivity (Wildman–Crippen MR) is 85.8 cm³/mol. The van der Waals surface area contributed by atoms with Gasteiger partial charge in [-0.25, -0.2) is 0 Å². The van der Waals surface area contributed by atoms with E-state index in [4.69, 9.17) is 15.2 Å². The largest absolute Gasteiger partial charge is 0.494 e. The lowest BCUT2D eigenvalue weighted by molar-refractivity contribution is -0.138. The van der Waals surface area contributed by atoms with Crippen molar-refractivity contribution in [3.8, 4) is 5.75 Å². The molecule has 1 fully saturated rings. The molecule has 0 bridgehead atoms. The van der Waals surface area contributed by atoms with Crippen LogP contribution in [0.2, 0.25) is 0 Å². The molecule has 1 aromatic rings. The molecule has 2 rings (SSSR count). The van der Waals surface area contributed by atoms with Crippen LogP contribution in [0.4, 0.5) is 0 Å². The third-order valence-corrected chi connectivity index (χ3v) is 3.98. The lowest BCUT2D eigenvalue weighted by Gasteiger charge is -2.40. The first-order valence-corrected chi connectivity index (χ1v) is 7.94. The molecule has 1 heterocycles. The Bertz CT molecular complexity index is 475. The van der Waals surface area contributed by atoms with Gasteiger partial charge in [-0.05, 0) is 30.5 Å². The predicted octanol–water partition coefficient (Wildman–Crippen LogP) is 2.11. The summed E-state index contributed by atoms with van der Waals surface area (Å²) in [5.41, 5.74) is 7.34. The van der Waals surface area contributed by atoms with Crippen LogP contribution in [0.1, 0.15) is 37.8 Å². The van der Waals surface area contributed by atoms with Gasteiger partial charge >= 0.3 is 0 Å². The molecule has 5 heteroatoms. The van der Waals surface area contributed by atoms with Gasteiger partial charge in [0.05, 0.1) is 19.3 Å². The summed E-state index contributed by atoms with van der Waals surface area (Å²) in [5.74, 6) is 1.000. The van der Waals surface area contributed by atoms with Crippen molar-refractivity contribution in [2.24, 2.45) is 5.73 Å². The molecule has 1 amide bonds. The Kier molecular flexibility index (Phi) is 6.21. The zero-order valence-electron chi connectivity index (χ0n) is 13.5. The minimum absolute atomic E-state index is 0.0445. The summed E-state index contributed by atoms with van der Waals surface area (Å²) < 4.78 is 10.7. The third kappa shape index (κ3) is 3.99. The van der Waals surface area contributed by atoms with Gasteiger partial charge in [-0.2, -0.15) is 0 Å². The van der Waals surface area contributed by atoms with Crippen molar-refractivity contribution in [2.45, 2.75) is 38.3 Å². The van der Waals surface area contributed by atoms with E-state index >= 15 is 0 Å². The summed E-state index contributed by atoms with van der Waals surface area (Å²) >= 11 is 0. The van der Waals surface area contributed by atoms with Gasteiger partial charge in [0.1, 0.15) is 5.75 Å². The van der Waals surface area contributed by atoms with Gasteiger partial charge in [-0.15, -0.1) is 0 Å². The standard InChI is InChI=1S/C17H26N2O3/c1-3-11-22-14-6-4-13(5-7-14)17-15(18)8-9-16(20)19(17)10-12-21-2/h4-7,15,17H,3,8-12,18H2,1-2H3. The Morgan fingerprint density at radius 3 is 2.64 bits per heavy atom. The first-order chi connectivity index (χ1) is 10.7. The number of hydrogen-bond donors (Lipinski definition) is 1. The summed E-state index contributed by atoms with van der Waals surface area (Å²) in [4.78, 5) is 14.1. The number of benzene rings is 1. The molecule has 0 spiro atoms. The molecule has 0 aromatic heterocycles. The molecule has 0 radical (unpaired) electrons. The quantitative estimate of drug-likeness (QED) is 0.838. The Morgan fingerprint density at radius 2 is 2.00 bits per heavy atom. The molecule has 22 heavy (non-hydrogen) atoms. The van der Waals surface area contributed by atoms with E-state index in [2.05, 4.69) is 6.92 Å². The van der Waals surface area contributed by atoms with Crippen LogP contribution in [0.5, 0.6) is 5.75 Å².